The van der Waals surface area contributed by atoms with Crippen molar-refractivity contribution >= 4 is 0 Å². The summed E-state index contributed by atoms with van der Waals surface area (Å²) in [5.74, 6) is 0. The molecule has 2 unspecified atom stereocenters. The summed E-state index contributed by atoms with van der Waals surface area (Å²) in [5, 5.41) is 0. The number of aromatic nitrogens is 6. The topological polar surface area (TPSA) is 97.9 Å². The largest absolute Gasteiger partial charge is 2.00 e. The van der Waals surface area contributed by atoms with Gasteiger partial charge in [0.15, 0.2) is 0 Å². The number of hydrogen-bond acceptors (Lipinski definition) is 4. The minimum atomic E-state index is -0.623. The maximum Gasteiger partial charge on any atom is 2.00 e. The molecule has 0 radical (unpaired) electrons. The van der Waals surface area contributed by atoms with E-state index in [1.165, 1.54) is 18.7 Å². The molecule has 0 fully saturated rings. The summed E-state index contributed by atoms with van der Waals surface area (Å²) >= 11 is 0. The monoisotopic (exact) mass is 614 g/mol. The Morgan fingerprint density at radius 3 is 1.72 bits per heavy atom. The van der Waals surface area contributed by atoms with Crippen LogP contribution in [0.2, 0.25) is 0 Å². The molecule has 0 amide bonds. The van der Waals surface area contributed by atoms with Crippen molar-refractivity contribution in [3.63, 3.8) is 0 Å². The van der Waals surface area contributed by atoms with Crippen LogP contribution < -0.4 is 22.8 Å². The molecule has 0 spiro atoms. The van der Waals surface area contributed by atoms with Gasteiger partial charge in [0.05, 0.1) is 30.5 Å². The number of allylic oxidation sites excluding steroid dienone is 2. The van der Waals surface area contributed by atoms with Crippen molar-refractivity contribution in [2.75, 3.05) is 0 Å². The molecule has 2 aliphatic heterocycles. The molecule has 2 atom stereocenters. The number of rotatable bonds is 3. The molecule has 4 heterocycles. The molecule has 11 heteroatoms. The van der Waals surface area contributed by atoms with E-state index in [4.69, 9.17) is 0 Å². The van der Waals surface area contributed by atoms with Crippen molar-refractivity contribution in [1.82, 2.24) is 27.9 Å². The zero-order valence-electron chi connectivity index (χ0n) is 22.8. The van der Waals surface area contributed by atoms with Crippen LogP contribution >= 0.6 is 0 Å². The minimum absolute atomic E-state index is 0. The Hall–Kier alpha value is -5.12. The third-order valence-corrected chi connectivity index (χ3v) is 7.79. The molecule has 0 bridgehead atoms. The SMILES string of the molecule is O=c1n(-c2ccccc2)c(=O)n2n1CC=C1C2Cn2c(=O)n(-c3ccccc3)c(=O)n2C1c1cc[cH-]c1.[Fe+2].c1cc[cH-]c1. The fourth-order valence-corrected chi connectivity index (χ4v) is 5.95. The van der Waals surface area contributed by atoms with E-state index in [0.29, 0.717) is 11.4 Å². The predicted octanol–water partition coefficient (Wildman–Crippen LogP) is 2.82. The summed E-state index contributed by atoms with van der Waals surface area (Å²) in [4.78, 5) is 54.4. The zero-order chi connectivity index (χ0) is 28.8. The third kappa shape index (κ3) is 4.50. The normalized spacial score (nSPS) is 16.5. The molecule has 10 nitrogen and oxygen atoms in total. The van der Waals surface area contributed by atoms with E-state index in [1.807, 2.05) is 72.8 Å². The first-order chi connectivity index (χ1) is 20.6. The second-order valence-electron chi connectivity index (χ2n) is 10.1. The fourth-order valence-electron chi connectivity index (χ4n) is 5.95. The molecule has 2 aromatic heterocycles. The van der Waals surface area contributed by atoms with Gasteiger partial charge < -0.3 is 0 Å². The van der Waals surface area contributed by atoms with Gasteiger partial charge in [-0.05, 0) is 29.8 Å². The van der Waals surface area contributed by atoms with Gasteiger partial charge in [0, 0.05) is 6.04 Å². The van der Waals surface area contributed by atoms with Crippen LogP contribution in [-0.4, -0.2) is 27.9 Å². The Morgan fingerprint density at radius 1 is 0.605 bits per heavy atom. The second-order valence-corrected chi connectivity index (χ2v) is 10.1. The van der Waals surface area contributed by atoms with Crippen LogP contribution in [0.25, 0.3) is 11.4 Å². The Morgan fingerprint density at radius 2 is 1.19 bits per heavy atom. The van der Waals surface area contributed by atoms with Crippen molar-refractivity contribution < 1.29 is 17.1 Å². The standard InChI is InChI=1S/C27H21N6O4.C5H5.Fe/c34-24-28-16-15-21-22(32(28)26(36)30(24)19-11-3-1-4-12-19)17-29-25(35)31(20-13-5-2-6-14-20)27(37)33(29)23(21)18-9-7-8-10-18;1-2-4-5-3-1;/h1-15,22-23H,16-17H2;1-5H;/q2*-1;+2. The van der Waals surface area contributed by atoms with E-state index in [2.05, 4.69) is 0 Å². The van der Waals surface area contributed by atoms with E-state index in [9.17, 15) is 19.2 Å². The molecule has 6 aromatic rings. The van der Waals surface area contributed by atoms with Gasteiger partial charge in [-0.2, -0.15) is 42.0 Å². The predicted molar refractivity (Wildman–Crippen MR) is 158 cm³/mol. The fraction of sp³-hybridized carbons (Fsp3) is 0.125. The van der Waals surface area contributed by atoms with Gasteiger partial charge in [0.1, 0.15) is 0 Å². The van der Waals surface area contributed by atoms with Crippen molar-refractivity contribution in [2.24, 2.45) is 0 Å². The Bertz CT molecular complexity index is 2110. The average Bonchev–Trinajstić information content (AvgIpc) is 3.84. The average molecular weight is 614 g/mol. The number of benzene rings is 2. The summed E-state index contributed by atoms with van der Waals surface area (Å²) in [7, 11) is 0. The van der Waals surface area contributed by atoms with Crippen LogP contribution in [0.3, 0.4) is 0 Å². The summed E-state index contributed by atoms with van der Waals surface area (Å²) < 4.78 is 7.99. The second kappa shape index (κ2) is 11.3. The van der Waals surface area contributed by atoms with E-state index in [0.717, 1.165) is 20.3 Å². The van der Waals surface area contributed by atoms with Gasteiger partial charge in [-0.1, -0.05) is 42.5 Å². The summed E-state index contributed by atoms with van der Waals surface area (Å²) in [5.41, 5.74) is 0.665. The summed E-state index contributed by atoms with van der Waals surface area (Å²) in [6, 6.07) is 33.9. The van der Waals surface area contributed by atoms with E-state index < -0.39 is 34.8 Å². The first-order valence-corrected chi connectivity index (χ1v) is 13.6. The molecule has 0 N–H and O–H groups in total. The van der Waals surface area contributed by atoms with Gasteiger partial charge in [-0.3, -0.25) is 0 Å². The van der Waals surface area contributed by atoms with E-state index in [-0.39, 0.29) is 30.2 Å². The Labute approximate surface area is 255 Å². The number of para-hydroxylation sites is 2. The summed E-state index contributed by atoms with van der Waals surface area (Å²) in [6.45, 7) is 0.213. The van der Waals surface area contributed by atoms with Crippen LogP contribution in [0.4, 0.5) is 0 Å². The van der Waals surface area contributed by atoms with Gasteiger partial charge in [-0.25, -0.2) is 65.2 Å². The smallest absolute Gasteiger partial charge is 0.246 e. The van der Waals surface area contributed by atoms with Crippen molar-refractivity contribution in [1.29, 1.82) is 0 Å². The van der Waals surface area contributed by atoms with Gasteiger partial charge in [-0.15, -0.1) is 0 Å². The van der Waals surface area contributed by atoms with Crippen LogP contribution in [0.1, 0.15) is 17.6 Å². The maximum absolute atomic E-state index is 13.7. The molecule has 2 aliphatic rings. The number of nitrogens with zero attached hydrogens (tertiary/aromatic N) is 6. The molecule has 216 valence electrons. The molecule has 0 saturated carbocycles. The first-order valence-electron chi connectivity index (χ1n) is 13.6. The maximum atomic E-state index is 13.7. The van der Waals surface area contributed by atoms with Crippen molar-refractivity contribution in [3.8, 4) is 11.4 Å². The molecule has 0 aliphatic carbocycles. The van der Waals surface area contributed by atoms with Crippen LogP contribution in [0.5, 0.6) is 0 Å². The van der Waals surface area contributed by atoms with Crippen molar-refractivity contribution in [3.05, 3.63) is 174 Å². The molecule has 4 aromatic carbocycles. The molecular formula is C32H26FeN6O4. The Balaban J connectivity index is 0.000000500. The molecular weight excluding hydrogens is 588 g/mol. The van der Waals surface area contributed by atoms with E-state index >= 15 is 0 Å². The number of fused-ring (bicyclic) bond motifs is 4. The zero-order valence-corrected chi connectivity index (χ0v) is 23.9. The first kappa shape index (κ1) is 28.0. The van der Waals surface area contributed by atoms with Gasteiger partial charge in [0.2, 0.25) is 0 Å². The summed E-state index contributed by atoms with van der Waals surface area (Å²) in [6.07, 6.45) is 1.90. The molecule has 8 rings (SSSR count). The van der Waals surface area contributed by atoms with Gasteiger partial charge >= 0.3 is 39.8 Å². The number of hydrogen-bond donors (Lipinski definition) is 0. The Kier molecular flexibility index (Phi) is 7.35. The van der Waals surface area contributed by atoms with Crippen LogP contribution in [0, 0.1) is 0 Å². The van der Waals surface area contributed by atoms with Gasteiger partial charge in [0.25, 0.3) is 0 Å². The quantitative estimate of drug-likeness (QED) is 0.174. The van der Waals surface area contributed by atoms with Crippen LogP contribution in [-0.2, 0) is 30.2 Å². The van der Waals surface area contributed by atoms with Crippen LogP contribution in [0.15, 0.2) is 146 Å². The molecule has 43 heavy (non-hydrogen) atoms. The minimum Gasteiger partial charge on any atom is -0.246 e. The molecule has 0 saturated heterocycles. The van der Waals surface area contributed by atoms with Crippen molar-refractivity contribution in [2.45, 2.75) is 25.2 Å². The van der Waals surface area contributed by atoms with E-state index in [1.54, 1.807) is 48.5 Å². The third-order valence-electron chi connectivity index (χ3n) is 7.79.